The number of hydrogen-bond acceptors (Lipinski definition) is 5. The first kappa shape index (κ1) is 21.4. The van der Waals surface area contributed by atoms with E-state index in [9.17, 15) is 28.5 Å². The summed E-state index contributed by atoms with van der Waals surface area (Å²) in [5, 5.41) is 13.0. The number of thioether (sulfide) groups is 1. The van der Waals surface area contributed by atoms with Gasteiger partial charge in [-0.05, 0) is 35.9 Å². The molecule has 1 aliphatic rings. The van der Waals surface area contributed by atoms with Crippen molar-refractivity contribution in [2.24, 2.45) is 0 Å². The number of nitro benzene ring substituents is 1. The van der Waals surface area contributed by atoms with Gasteiger partial charge in [-0.15, -0.1) is 11.8 Å². The van der Waals surface area contributed by atoms with Gasteiger partial charge in [0, 0.05) is 29.4 Å². The van der Waals surface area contributed by atoms with Crippen LogP contribution in [0.25, 0.3) is 0 Å². The maximum atomic E-state index is 14.3. The summed E-state index contributed by atoms with van der Waals surface area (Å²) in [6.07, 6.45) is 0. The zero-order valence-electron chi connectivity index (χ0n) is 16.3. The maximum absolute atomic E-state index is 14.3. The highest BCUT2D eigenvalue weighted by atomic mass is 32.2. The lowest BCUT2D eigenvalue weighted by Gasteiger charge is -2.25. The van der Waals surface area contributed by atoms with Gasteiger partial charge in [-0.3, -0.25) is 24.6 Å². The molecule has 3 aromatic rings. The summed E-state index contributed by atoms with van der Waals surface area (Å²) in [5.41, 5.74) is 0.905. The second kappa shape index (κ2) is 8.75. The van der Waals surface area contributed by atoms with Gasteiger partial charge in [0.25, 0.3) is 11.6 Å². The van der Waals surface area contributed by atoms with Crippen LogP contribution in [0.2, 0.25) is 0 Å². The number of hydrogen-bond donors (Lipinski definition) is 1. The molecular weight excluding hydrogens is 440 g/mol. The molecule has 3 aromatic carbocycles. The number of nitrogens with one attached hydrogen (secondary N) is 1. The first-order valence-electron chi connectivity index (χ1n) is 9.38. The van der Waals surface area contributed by atoms with E-state index in [0.29, 0.717) is 11.3 Å². The summed E-state index contributed by atoms with van der Waals surface area (Å²) in [5.74, 6) is -2.09. The molecule has 162 valence electrons. The molecule has 0 bridgehead atoms. The van der Waals surface area contributed by atoms with Crippen LogP contribution in [0.5, 0.6) is 0 Å². The molecule has 1 fully saturated rings. The molecule has 0 spiro atoms. The fourth-order valence-corrected chi connectivity index (χ4v) is 4.47. The van der Waals surface area contributed by atoms with Crippen molar-refractivity contribution < 1.29 is 23.3 Å². The summed E-state index contributed by atoms with van der Waals surface area (Å²) in [4.78, 5) is 36.3. The number of carbonyl (C=O) groups is 2. The number of carbonyl (C=O) groups excluding carboxylic acids is 2. The van der Waals surface area contributed by atoms with Gasteiger partial charge < -0.3 is 5.32 Å². The molecule has 0 radical (unpaired) electrons. The SMILES string of the molecule is O=C(Nc1ccc(C2SCC(=O)N2c2cc(F)ccc2F)cc1)c1cccc([N+](=O)[O-])c1. The van der Waals surface area contributed by atoms with Crippen molar-refractivity contribution in [2.75, 3.05) is 16.0 Å². The van der Waals surface area contributed by atoms with E-state index < -0.39 is 27.8 Å². The number of nitro groups is 1. The largest absolute Gasteiger partial charge is 0.322 e. The summed E-state index contributed by atoms with van der Waals surface area (Å²) in [6.45, 7) is 0. The highest BCUT2D eigenvalue weighted by Crippen LogP contribution is 2.42. The van der Waals surface area contributed by atoms with Gasteiger partial charge in [0.15, 0.2) is 0 Å². The Bertz CT molecular complexity index is 1220. The second-order valence-corrected chi connectivity index (χ2v) is 7.97. The summed E-state index contributed by atoms with van der Waals surface area (Å²) in [7, 11) is 0. The van der Waals surface area contributed by atoms with Crippen LogP contribution in [0.1, 0.15) is 21.3 Å². The van der Waals surface area contributed by atoms with Crippen LogP contribution in [-0.4, -0.2) is 22.5 Å². The highest BCUT2D eigenvalue weighted by Gasteiger charge is 2.35. The molecule has 1 unspecified atom stereocenters. The molecule has 2 amide bonds. The average Bonchev–Trinajstić information content (AvgIpc) is 3.17. The number of halogens is 2. The molecule has 1 saturated heterocycles. The zero-order chi connectivity index (χ0) is 22.8. The number of non-ortho nitro benzene ring substituents is 1. The molecule has 1 aliphatic heterocycles. The van der Waals surface area contributed by atoms with Gasteiger partial charge in [-0.25, -0.2) is 8.78 Å². The Hall–Kier alpha value is -3.79. The summed E-state index contributed by atoms with van der Waals surface area (Å²) >= 11 is 1.28. The van der Waals surface area contributed by atoms with Crippen LogP contribution >= 0.6 is 11.8 Å². The lowest BCUT2D eigenvalue weighted by Crippen LogP contribution is -2.28. The van der Waals surface area contributed by atoms with Crippen LogP contribution < -0.4 is 10.2 Å². The first-order chi connectivity index (χ1) is 15.3. The van der Waals surface area contributed by atoms with Gasteiger partial charge in [0.05, 0.1) is 16.4 Å². The summed E-state index contributed by atoms with van der Waals surface area (Å²) in [6, 6.07) is 14.8. The molecule has 0 aliphatic carbocycles. The minimum Gasteiger partial charge on any atom is -0.322 e. The smallest absolute Gasteiger partial charge is 0.270 e. The molecule has 7 nitrogen and oxygen atoms in total. The van der Waals surface area contributed by atoms with Gasteiger partial charge in [0.1, 0.15) is 17.0 Å². The second-order valence-electron chi connectivity index (χ2n) is 6.91. The molecule has 10 heteroatoms. The molecule has 4 rings (SSSR count). The number of rotatable bonds is 5. The van der Waals surface area contributed by atoms with E-state index in [0.717, 1.165) is 18.2 Å². The van der Waals surface area contributed by atoms with Crippen molar-refractivity contribution >= 4 is 40.6 Å². The number of benzene rings is 3. The number of anilines is 2. The van der Waals surface area contributed by atoms with Crippen molar-refractivity contribution in [3.63, 3.8) is 0 Å². The fraction of sp³-hybridized carbons (Fsp3) is 0.0909. The standard InChI is InChI=1S/C22H15F2N3O4S/c23-15-6-9-18(24)19(11-15)26-20(28)12-32-22(26)13-4-7-16(8-5-13)25-21(29)14-2-1-3-17(10-14)27(30)31/h1-11,22H,12H2,(H,25,29). The molecule has 1 heterocycles. The van der Waals surface area contributed by atoms with E-state index in [-0.39, 0.29) is 28.6 Å². The van der Waals surface area contributed by atoms with E-state index in [4.69, 9.17) is 0 Å². The van der Waals surface area contributed by atoms with Crippen molar-refractivity contribution in [1.82, 2.24) is 0 Å². The molecule has 1 N–H and O–H groups in total. The minimum atomic E-state index is -0.701. The van der Waals surface area contributed by atoms with Crippen molar-refractivity contribution in [3.05, 3.63) is 99.6 Å². The molecule has 0 aromatic heterocycles. The third-order valence-electron chi connectivity index (χ3n) is 4.81. The third-order valence-corrected chi connectivity index (χ3v) is 6.02. The van der Waals surface area contributed by atoms with Crippen molar-refractivity contribution in [3.8, 4) is 0 Å². The van der Waals surface area contributed by atoms with Gasteiger partial charge in [-0.1, -0.05) is 18.2 Å². The predicted octanol–water partition coefficient (Wildman–Crippen LogP) is 4.90. The van der Waals surface area contributed by atoms with Crippen LogP contribution in [-0.2, 0) is 4.79 Å². The van der Waals surface area contributed by atoms with Crippen molar-refractivity contribution in [1.29, 1.82) is 0 Å². The average molecular weight is 455 g/mol. The van der Waals surface area contributed by atoms with Gasteiger partial charge in [-0.2, -0.15) is 0 Å². The van der Waals surface area contributed by atoms with Crippen LogP contribution in [0.15, 0.2) is 66.7 Å². The third kappa shape index (κ3) is 4.30. The highest BCUT2D eigenvalue weighted by molar-refractivity contribution is 8.00. The normalized spacial score (nSPS) is 15.6. The van der Waals surface area contributed by atoms with Crippen LogP contribution in [0.3, 0.4) is 0 Å². The van der Waals surface area contributed by atoms with Gasteiger partial charge in [0.2, 0.25) is 5.91 Å². The van der Waals surface area contributed by atoms with E-state index in [1.807, 2.05) is 0 Å². The van der Waals surface area contributed by atoms with Crippen molar-refractivity contribution in [2.45, 2.75) is 5.37 Å². The Morgan fingerprint density at radius 1 is 1.09 bits per heavy atom. The Balaban J connectivity index is 1.53. The first-order valence-corrected chi connectivity index (χ1v) is 10.4. The lowest BCUT2D eigenvalue weighted by atomic mass is 10.1. The van der Waals surface area contributed by atoms with Crippen LogP contribution in [0, 0.1) is 21.7 Å². The Kier molecular flexibility index (Phi) is 5.87. The summed E-state index contributed by atoms with van der Waals surface area (Å²) < 4.78 is 27.9. The Labute approximate surface area is 185 Å². The predicted molar refractivity (Wildman–Crippen MR) is 117 cm³/mol. The molecule has 0 saturated carbocycles. The monoisotopic (exact) mass is 455 g/mol. The molecular formula is C22H15F2N3O4S. The molecule has 32 heavy (non-hydrogen) atoms. The van der Waals surface area contributed by atoms with E-state index in [2.05, 4.69) is 5.32 Å². The maximum Gasteiger partial charge on any atom is 0.270 e. The topological polar surface area (TPSA) is 92.6 Å². The number of nitrogens with zero attached hydrogens (tertiary/aromatic N) is 2. The van der Waals surface area contributed by atoms with E-state index >= 15 is 0 Å². The Morgan fingerprint density at radius 2 is 1.84 bits per heavy atom. The quantitative estimate of drug-likeness (QED) is 0.436. The zero-order valence-corrected chi connectivity index (χ0v) is 17.1. The fourth-order valence-electron chi connectivity index (χ4n) is 3.30. The number of amides is 2. The molecule has 1 atom stereocenters. The lowest BCUT2D eigenvalue weighted by molar-refractivity contribution is -0.384. The minimum absolute atomic E-state index is 0.117. The van der Waals surface area contributed by atoms with E-state index in [1.54, 1.807) is 24.3 Å². The van der Waals surface area contributed by atoms with E-state index in [1.165, 1.54) is 40.9 Å². The Morgan fingerprint density at radius 3 is 2.56 bits per heavy atom. The van der Waals surface area contributed by atoms with Gasteiger partial charge >= 0.3 is 0 Å². The van der Waals surface area contributed by atoms with Crippen LogP contribution in [0.4, 0.5) is 25.8 Å².